The number of nitrogens with one attached hydrogen (secondary N) is 2. The monoisotopic (exact) mass is 343 g/mol. The van der Waals surface area contributed by atoms with E-state index in [-0.39, 0.29) is 4.90 Å². The lowest BCUT2D eigenvalue weighted by Crippen LogP contribution is -2.25. The highest BCUT2D eigenvalue weighted by atomic mass is 32.2. The van der Waals surface area contributed by atoms with Gasteiger partial charge in [-0.2, -0.15) is 0 Å². The number of hydrogen-bond donors (Lipinski definition) is 3. The number of nitrogens with zero attached hydrogens (tertiary/aromatic N) is 2. The topological polar surface area (TPSA) is 109 Å². The van der Waals surface area contributed by atoms with E-state index in [1.807, 2.05) is 6.07 Å². The molecule has 4 N–H and O–H groups in total. The first-order valence-electron chi connectivity index (χ1n) is 7.32. The zero-order valence-corrected chi connectivity index (χ0v) is 13.6. The summed E-state index contributed by atoms with van der Waals surface area (Å²) in [5.74, 6) is 0.690. The van der Waals surface area contributed by atoms with E-state index in [2.05, 4.69) is 20.0 Å². The summed E-state index contributed by atoms with van der Waals surface area (Å²) in [6, 6.07) is 15.2. The van der Waals surface area contributed by atoms with Crippen molar-refractivity contribution in [1.29, 1.82) is 0 Å². The molecule has 3 rings (SSSR count). The fourth-order valence-corrected chi connectivity index (χ4v) is 3.24. The Balaban J connectivity index is 1.72. The van der Waals surface area contributed by atoms with Crippen molar-refractivity contribution in [2.24, 2.45) is 15.7 Å². The van der Waals surface area contributed by atoms with Crippen LogP contribution >= 0.6 is 0 Å². The maximum Gasteiger partial charge on any atom is 0.261 e. The minimum atomic E-state index is -3.62. The molecule has 2 aromatic carbocycles. The predicted molar refractivity (Wildman–Crippen MR) is 95.8 cm³/mol. The van der Waals surface area contributed by atoms with Crippen molar-refractivity contribution in [3.05, 3.63) is 54.6 Å². The zero-order valence-electron chi connectivity index (χ0n) is 12.8. The number of para-hydroxylation sites is 1. The van der Waals surface area contributed by atoms with Gasteiger partial charge in [0.2, 0.25) is 0 Å². The fraction of sp³-hybridized carbons (Fsp3) is 0.125. The van der Waals surface area contributed by atoms with E-state index in [9.17, 15) is 8.42 Å². The van der Waals surface area contributed by atoms with Crippen molar-refractivity contribution in [2.45, 2.75) is 17.6 Å². The maximum atomic E-state index is 12.4. The zero-order chi connectivity index (χ0) is 17.0. The Morgan fingerprint density at radius 1 is 1.00 bits per heavy atom. The third-order valence-electron chi connectivity index (χ3n) is 3.31. The highest BCUT2D eigenvalue weighted by Crippen LogP contribution is 2.18. The van der Waals surface area contributed by atoms with Crippen LogP contribution in [0.15, 0.2) is 69.5 Å². The third-order valence-corrected chi connectivity index (χ3v) is 4.71. The van der Waals surface area contributed by atoms with Crippen molar-refractivity contribution in [3.8, 4) is 0 Å². The first kappa shape index (κ1) is 16.2. The first-order valence-corrected chi connectivity index (χ1v) is 8.80. The Hall–Kier alpha value is -2.71. The summed E-state index contributed by atoms with van der Waals surface area (Å²) in [4.78, 5) is 8.29. The van der Waals surface area contributed by atoms with Crippen LogP contribution in [0.5, 0.6) is 0 Å². The molecular formula is C16H17N5O2S. The Morgan fingerprint density at radius 3 is 2.38 bits per heavy atom. The molecular weight excluding hydrogens is 326 g/mol. The summed E-state index contributed by atoms with van der Waals surface area (Å²) < 4.78 is 27.2. The molecule has 0 amide bonds. The van der Waals surface area contributed by atoms with Crippen LogP contribution in [0.3, 0.4) is 0 Å². The van der Waals surface area contributed by atoms with E-state index in [0.717, 1.165) is 5.69 Å². The molecule has 0 aliphatic carbocycles. The van der Waals surface area contributed by atoms with E-state index in [1.165, 1.54) is 12.1 Å². The number of anilines is 2. The molecule has 0 aromatic heterocycles. The van der Waals surface area contributed by atoms with Crippen molar-refractivity contribution < 1.29 is 8.42 Å². The molecule has 1 unspecified atom stereocenters. The van der Waals surface area contributed by atoms with Gasteiger partial charge in [0.1, 0.15) is 5.84 Å². The number of nitrogens with two attached hydrogens (primary N) is 1. The van der Waals surface area contributed by atoms with E-state index in [1.54, 1.807) is 42.6 Å². The van der Waals surface area contributed by atoms with Crippen molar-refractivity contribution in [3.63, 3.8) is 0 Å². The smallest absolute Gasteiger partial charge is 0.261 e. The highest BCUT2D eigenvalue weighted by molar-refractivity contribution is 7.92. The van der Waals surface area contributed by atoms with Crippen LogP contribution < -0.4 is 15.8 Å². The average molecular weight is 343 g/mol. The van der Waals surface area contributed by atoms with E-state index < -0.39 is 16.3 Å². The molecule has 0 spiro atoms. The lowest BCUT2D eigenvalue weighted by Gasteiger charge is -2.14. The third kappa shape index (κ3) is 3.98. The minimum Gasteiger partial charge on any atom is -0.344 e. The molecule has 0 fully saturated rings. The molecule has 0 saturated carbocycles. The molecule has 1 aliphatic rings. The van der Waals surface area contributed by atoms with Crippen LogP contribution in [0.25, 0.3) is 0 Å². The number of sulfonamides is 1. The molecule has 8 heteroatoms. The van der Waals surface area contributed by atoms with Gasteiger partial charge in [-0.05, 0) is 36.4 Å². The second-order valence-corrected chi connectivity index (χ2v) is 6.83. The standard InChI is InChI=1S/C16H17N5O2S/c17-16-18-11-10-15(20-16)19-12-6-8-14(9-7-12)24(22,23)21-13-4-2-1-3-5-13/h1-9,11,16,21H,10,17H2,(H,19,20). The van der Waals surface area contributed by atoms with Gasteiger partial charge in [-0.3, -0.25) is 15.4 Å². The van der Waals surface area contributed by atoms with Gasteiger partial charge in [-0.1, -0.05) is 18.2 Å². The lowest BCUT2D eigenvalue weighted by atomic mass is 10.3. The van der Waals surface area contributed by atoms with Crippen molar-refractivity contribution in [1.82, 2.24) is 0 Å². The SMILES string of the molecule is NC1N=CCC(Nc2ccc(S(=O)(=O)Nc3ccccc3)cc2)=N1. The van der Waals surface area contributed by atoms with Crippen LogP contribution in [-0.4, -0.2) is 26.8 Å². The largest absolute Gasteiger partial charge is 0.344 e. The number of hydrogen-bond acceptors (Lipinski definition) is 6. The van der Waals surface area contributed by atoms with Crippen molar-refractivity contribution in [2.75, 3.05) is 10.0 Å². The number of aliphatic imine (C=N–C) groups is 2. The molecule has 0 saturated heterocycles. The van der Waals surface area contributed by atoms with Gasteiger partial charge in [0.25, 0.3) is 10.0 Å². The molecule has 7 nitrogen and oxygen atoms in total. The summed E-state index contributed by atoms with van der Waals surface area (Å²) in [5, 5.41) is 3.10. The Morgan fingerprint density at radius 2 is 1.71 bits per heavy atom. The van der Waals surface area contributed by atoms with Crippen molar-refractivity contribution >= 4 is 33.4 Å². The Bertz CT molecular complexity index is 861. The predicted octanol–water partition coefficient (Wildman–Crippen LogP) is 2.01. The average Bonchev–Trinajstić information content (AvgIpc) is 2.56. The van der Waals surface area contributed by atoms with Gasteiger partial charge >= 0.3 is 0 Å². The van der Waals surface area contributed by atoms with Crippen LogP contribution in [-0.2, 0) is 10.0 Å². The van der Waals surface area contributed by atoms with Gasteiger partial charge < -0.3 is 5.32 Å². The normalized spacial score (nSPS) is 17.2. The van der Waals surface area contributed by atoms with Gasteiger partial charge in [0.05, 0.1) is 4.90 Å². The molecule has 1 atom stereocenters. The van der Waals surface area contributed by atoms with Crippen LogP contribution in [0.2, 0.25) is 0 Å². The highest BCUT2D eigenvalue weighted by Gasteiger charge is 2.14. The van der Waals surface area contributed by atoms with Crippen LogP contribution in [0.4, 0.5) is 11.4 Å². The van der Waals surface area contributed by atoms with E-state index >= 15 is 0 Å². The Kier molecular flexibility index (Phi) is 4.59. The summed E-state index contributed by atoms with van der Waals surface area (Å²) >= 11 is 0. The lowest BCUT2D eigenvalue weighted by molar-refractivity contribution is 0.601. The van der Waals surface area contributed by atoms with Gasteiger partial charge in [0.15, 0.2) is 6.29 Å². The number of rotatable bonds is 4. The van der Waals surface area contributed by atoms with Gasteiger partial charge in [-0.15, -0.1) is 0 Å². The summed E-state index contributed by atoms with van der Waals surface area (Å²) in [6.45, 7) is 0. The molecule has 2 aromatic rings. The Labute approximate surface area is 140 Å². The van der Waals surface area contributed by atoms with Crippen LogP contribution in [0, 0.1) is 0 Å². The molecule has 0 radical (unpaired) electrons. The molecule has 1 aliphatic heterocycles. The second-order valence-electron chi connectivity index (χ2n) is 5.15. The first-order chi connectivity index (χ1) is 11.5. The summed E-state index contributed by atoms with van der Waals surface area (Å²) in [6.07, 6.45) is 1.67. The van der Waals surface area contributed by atoms with Gasteiger partial charge in [-0.25, -0.2) is 13.4 Å². The molecule has 24 heavy (non-hydrogen) atoms. The molecule has 124 valence electrons. The number of amidine groups is 1. The summed E-state index contributed by atoms with van der Waals surface area (Å²) in [5.41, 5.74) is 6.87. The minimum absolute atomic E-state index is 0.181. The number of benzene rings is 2. The van der Waals surface area contributed by atoms with E-state index in [4.69, 9.17) is 5.73 Å². The summed E-state index contributed by atoms with van der Waals surface area (Å²) in [7, 11) is -3.62. The van der Waals surface area contributed by atoms with E-state index in [0.29, 0.717) is 17.9 Å². The van der Waals surface area contributed by atoms with Gasteiger partial charge in [0, 0.05) is 24.0 Å². The second kappa shape index (κ2) is 6.81. The maximum absolute atomic E-state index is 12.4. The molecule has 0 bridgehead atoms. The van der Waals surface area contributed by atoms with Crippen LogP contribution in [0.1, 0.15) is 6.42 Å². The fourth-order valence-electron chi connectivity index (χ4n) is 2.18. The molecule has 1 heterocycles. The quantitative estimate of drug-likeness (QED) is 0.789.